The molecule has 0 atom stereocenters. The Hall–Kier alpha value is -1.78. The third-order valence-corrected chi connectivity index (χ3v) is 4.21. The van der Waals surface area contributed by atoms with E-state index in [4.69, 9.17) is 22.1 Å². The van der Waals surface area contributed by atoms with Gasteiger partial charge in [-0.15, -0.1) is 0 Å². The Morgan fingerprint density at radius 3 is 2.91 bits per heavy atom. The van der Waals surface area contributed by atoms with Crippen LogP contribution in [0.5, 0.6) is 11.5 Å². The number of likely N-dealkylation sites (N-methyl/N-ethyl adjacent to an activating group) is 1. The quantitative estimate of drug-likeness (QED) is 0.932. The summed E-state index contributed by atoms with van der Waals surface area (Å²) in [6, 6.07) is 8.91. The van der Waals surface area contributed by atoms with Gasteiger partial charge >= 0.3 is 0 Å². The van der Waals surface area contributed by atoms with Crippen molar-refractivity contribution in [2.45, 2.75) is 12.8 Å². The summed E-state index contributed by atoms with van der Waals surface area (Å²) in [5.74, 6) is 0.839. The first-order valence-electron chi connectivity index (χ1n) is 7.28. The van der Waals surface area contributed by atoms with Crippen LogP contribution in [0.2, 0.25) is 5.02 Å². The Bertz CT molecular complexity index is 705. The Balaban J connectivity index is 1.91. The highest BCUT2D eigenvalue weighted by Gasteiger charge is 2.17. The molecule has 0 aliphatic carbocycles. The van der Waals surface area contributed by atoms with Crippen LogP contribution in [0, 0.1) is 5.82 Å². The number of anilines is 1. The molecule has 5 heteroatoms. The summed E-state index contributed by atoms with van der Waals surface area (Å²) < 4.78 is 19.5. The zero-order valence-corrected chi connectivity index (χ0v) is 13.2. The van der Waals surface area contributed by atoms with E-state index in [9.17, 15) is 4.39 Å². The van der Waals surface area contributed by atoms with Crippen molar-refractivity contribution in [2.75, 3.05) is 25.0 Å². The fraction of sp³-hybridized carbons (Fsp3) is 0.294. The van der Waals surface area contributed by atoms with Crippen LogP contribution in [-0.2, 0) is 12.8 Å². The summed E-state index contributed by atoms with van der Waals surface area (Å²) in [5.41, 5.74) is 8.79. The Morgan fingerprint density at radius 2 is 2.14 bits per heavy atom. The zero-order valence-electron chi connectivity index (χ0n) is 12.4. The monoisotopic (exact) mass is 320 g/mol. The van der Waals surface area contributed by atoms with Crippen LogP contribution in [0.3, 0.4) is 0 Å². The van der Waals surface area contributed by atoms with E-state index in [1.54, 1.807) is 0 Å². The highest BCUT2D eigenvalue weighted by Crippen LogP contribution is 2.34. The van der Waals surface area contributed by atoms with Crippen molar-refractivity contribution < 1.29 is 9.13 Å². The summed E-state index contributed by atoms with van der Waals surface area (Å²) >= 11 is 5.87. The third-order valence-electron chi connectivity index (χ3n) is 3.92. The second kappa shape index (κ2) is 6.15. The van der Waals surface area contributed by atoms with E-state index in [0.717, 1.165) is 24.3 Å². The average molecular weight is 321 g/mol. The SMILES string of the molecule is CN1CCc2cc(Oc3cc(Cl)c(F)cc3CCN)ccc21. The van der Waals surface area contributed by atoms with Crippen LogP contribution < -0.4 is 15.4 Å². The van der Waals surface area contributed by atoms with Crippen LogP contribution in [0.25, 0.3) is 0 Å². The van der Waals surface area contributed by atoms with E-state index in [0.29, 0.717) is 18.7 Å². The molecule has 116 valence electrons. The topological polar surface area (TPSA) is 38.5 Å². The lowest BCUT2D eigenvalue weighted by Gasteiger charge is -2.14. The van der Waals surface area contributed by atoms with Gasteiger partial charge in [0.1, 0.15) is 17.3 Å². The first kappa shape index (κ1) is 15.1. The molecule has 22 heavy (non-hydrogen) atoms. The van der Waals surface area contributed by atoms with Gasteiger partial charge in [-0.3, -0.25) is 0 Å². The molecule has 0 spiro atoms. The maximum Gasteiger partial charge on any atom is 0.142 e. The van der Waals surface area contributed by atoms with E-state index in [1.807, 2.05) is 18.2 Å². The van der Waals surface area contributed by atoms with Crippen molar-refractivity contribution in [1.82, 2.24) is 0 Å². The van der Waals surface area contributed by atoms with Gasteiger partial charge in [-0.1, -0.05) is 11.6 Å². The minimum absolute atomic E-state index is 0.0525. The standard InChI is InChI=1S/C17H18ClFN2O/c1-21-7-5-11-8-13(2-3-16(11)21)22-17-10-14(18)15(19)9-12(17)4-6-20/h2-3,8-10H,4-7,20H2,1H3. The van der Waals surface area contributed by atoms with Gasteiger partial charge in [-0.05, 0) is 54.8 Å². The van der Waals surface area contributed by atoms with Gasteiger partial charge in [0, 0.05) is 25.3 Å². The molecule has 0 fully saturated rings. The van der Waals surface area contributed by atoms with Crippen LogP contribution in [0.4, 0.5) is 10.1 Å². The van der Waals surface area contributed by atoms with Gasteiger partial charge in [0.05, 0.1) is 5.02 Å². The fourth-order valence-electron chi connectivity index (χ4n) is 2.75. The smallest absolute Gasteiger partial charge is 0.142 e. The minimum Gasteiger partial charge on any atom is -0.457 e. The number of halogens is 2. The molecule has 0 unspecified atom stereocenters. The predicted molar refractivity (Wildman–Crippen MR) is 87.7 cm³/mol. The first-order valence-corrected chi connectivity index (χ1v) is 7.66. The molecule has 0 radical (unpaired) electrons. The lowest BCUT2D eigenvalue weighted by atomic mass is 10.1. The molecule has 0 saturated carbocycles. The summed E-state index contributed by atoms with van der Waals surface area (Å²) in [4.78, 5) is 2.22. The number of rotatable bonds is 4. The molecule has 2 aromatic rings. The van der Waals surface area contributed by atoms with Crippen molar-refractivity contribution >= 4 is 17.3 Å². The van der Waals surface area contributed by atoms with Gasteiger partial charge in [0.15, 0.2) is 0 Å². The minimum atomic E-state index is -0.451. The molecule has 1 aliphatic heterocycles. The maximum absolute atomic E-state index is 13.6. The van der Waals surface area contributed by atoms with E-state index >= 15 is 0 Å². The largest absolute Gasteiger partial charge is 0.457 e. The van der Waals surface area contributed by atoms with E-state index in [2.05, 4.69) is 11.9 Å². The van der Waals surface area contributed by atoms with Crippen molar-refractivity contribution in [1.29, 1.82) is 0 Å². The van der Waals surface area contributed by atoms with E-state index in [1.165, 1.54) is 23.4 Å². The second-order valence-corrected chi connectivity index (χ2v) is 5.88. The summed E-state index contributed by atoms with van der Waals surface area (Å²) in [5, 5.41) is 0.0525. The molecule has 2 N–H and O–H groups in total. The number of nitrogens with zero attached hydrogens (tertiary/aromatic N) is 1. The van der Waals surface area contributed by atoms with Gasteiger partial charge in [-0.25, -0.2) is 4.39 Å². The van der Waals surface area contributed by atoms with Crippen molar-refractivity contribution in [2.24, 2.45) is 5.73 Å². The predicted octanol–water partition coefficient (Wildman–Crippen LogP) is 3.76. The molecule has 2 aromatic carbocycles. The van der Waals surface area contributed by atoms with Gasteiger partial charge < -0.3 is 15.4 Å². The molecule has 1 aliphatic rings. The Kier molecular flexibility index (Phi) is 4.23. The lowest BCUT2D eigenvalue weighted by molar-refractivity contribution is 0.473. The van der Waals surface area contributed by atoms with Crippen LogP contribution in [-0.4, -0.2) is 20.1 Å². The van der Waals surface area contributed by atoms with Crippen molar-refractivity contribution in [3.05, 3.63) is 52.3 Å². The summed E-state index contributed by atoms with van der Waals surface area (Å²) in [7, 11) is 2.07. The molecule has 0 saturated heterocycles. The maximum atomic E-state index is 13.6. The summed E-state index contributed by atoms with van der Waals surface area (Å²) in [6.45, 7) is 1.44. The third kappa shape index (κ3) is 2.89. The lowest BCUT2D eigenvalue weighted by Crippen LogP contribution is -2.12. The Morgan fingerprint density at radius 1 is 1.32 bits per heavy atom. The van der Waals surface area contributed by atoms with Gasteiger partial charge in [0.2, 0.25) is 0 Å². The van der Waals surface area contributed by atoms with Gasteiger partial charge in [0.25, 0.3) is 0 Å². The molecule has 0 aromatic heterocycles. The van der Waals surface area contributed by atoms with Crippen LogP contribution in [0.15, 0.2) is 30.3 Å². The molecule has 3 rings (SSSR count). The average Bonchev–Trinajstić information content (AvgIpc) is 2.85. The van der Waals surface area contributed by atoms with Crippen molar-refractivity contribution in [3.8, 4) is 11.5 Å². The van der Waals surface area contributed by atoms with E-state index in [-0.39, 0.29) is 5.02 Å². The highest BCUT2D eigenvalue weighted by molar-refractivity contribution is 6.30. The normalized spacial score (nSPS) is 13.4. The number of hydrogen-bond acceptors (Lipinski definition) is 3. The highest BCUT2D eigenvalue weighted by atomic mass is 35.5. The number of hydrogen-bond donors (Lipinski definition) is 1. The zero-order chi connectivity index (χ0) is 15.7. The molecule has 3 nitrogen and oxygen atoms in total. The molecule has 0 amide bonds. The molecule has 0 bridgehead atoms. The number of nitrogens with two attached hydrogens (primary N) is 1. The molecular formula is C17H18ClFN2O. The number of benzene rings is 2. The molecule has 1 heterocycles. The second-order valence-electron chi connectivity index (χ2n) is 5.48. The van der Waals surface area contributed by atoms with E-state index < -0.39 is 5.82 Å². The number of ether oxygens (including phenoxy) is 1. The van der Waals surface area contributed by atoms with Gasteiger partial charge in [-0.2, -0.15) is 0 Å². The first-order chi connectivity index (χ1) is 10.6. The number of fused-ring (bicyclic) bond motifs is 1. The van der Waals surface area contributed by atoms with Crippen LogP contribution >= 0.6 is 11.6 Å². The summed E-state index contributed by atoms with van der Waals surface area (Å²) in [6.07, 6.45) is 1.54. The Labute approximate surface area is 134 Å². The fourth-order valence-corrected chi connectivity index (χ4v) is 2.90. The van der Waals surface area contributed by atoms with Crippen molar-refractivity contribution in [3.63, 3.8) is 0 Å². The van der Waals surface area contributed by atoms with Crippen LogP contribution in [0.1, 0.15) is 11.1 Å². The molecular weight excluding hydrogens is 303 g/mol.